The Morgan fingerprint density at radius 3 is 2.80 bits per heavy atom. The number of rotatable bonds is 5. The van der Waals surface area contributed by atoms with Crippen LogP contribution in [0.2, 0.25) is 0 Å². The van der Waals surface area contributed by atoms with Crippen LogP contribution in [-0.4, -0.2) is 15.3 Å². The molecule has 0 bridgehead atoms. The molecule has 4 nitrogen and oxygen atoms in total. The van der Waals surface area contributed by atoms with E-state index in [1.807, 2.05) is 10.6 Å². The summed E-state index contributed by atoms with van der Waals surface area (Å²) in [4.78, 5) is 15.7. The normalized spacial score (nSPS) is 10.9. The second kappa shape index (κ2) is 5.87. The van der Waals surface area contributed by atoms with E-state index in [1.54, 1.807) is 6.92 Å². The third kappa shape index (κ3) is 2.88. The molecule has 0 amide bonds. The molecule has 2 aromatic rings. The fourth-order valence-corrected chi connectivity index (χ4v) is 2.28. The highest BCUT2D eigenvalue weighted by atomic mass is 16.1. The van der Waals surface area contributed by atoms with Crippen LogP contribution in [-0.2, 0) is 17.8 Å². The van der Waals surface area contributed by atoms with Gasteiger partial charge in [0, 0.05) is 13.0 Å². The Kier molecular flexibility index (Phi) is 4.19. The summed E-state index contributed by atoms with van der Waals surface area (Å²) in [7, 11) is 0. The molecule has 0 radical (unpaired) electrons. The van der Waals surface area contributed by atoms with Crippen molar-refractivity contribution in [2.75, 3.05) is 0 Å². The molecule has 0 spiro atoms. The Bertz CT molecular complexity index is 677. The lowest BCUT2D eigenvalue weighted by Gasteiger charge is -2.07. The average Bonchev–Trinajstić information content (AvgIpc) is 2.73. The Labute approximate surface area is 119 Å². The van der Waals surface area contributed by atoms with Crippen molar-refractivity contribution in [1.82, 2.24) is 9.55 Å². The predicted octanol–water partition coefficient (Wildman–Crippen LogP) is 3.20. The molecule has 20 heavy (non-hydrogen) atoms. The molecule has 0 atom stereocenters. The van der Waals surface area contributed by atoms with E-state index >= 15 is 0 Å². The van der Waals surface area contributed by atoms with Crippen LogP contribution in [0.4, 0.5) is 0 Å². The highest BCUT2D eigenvalue weighted by molar-refractivity contribution is 5.78. The van der Waals surface area contributed by atoms with Crippen molar-refractivity contribution < 1.29 is 4.79 Å². The number of Topliss-reactive ketones (excluding diaryl/α,β-unsaturated/α-hetero) is 1. The zero-order valence-electron chi connectivity index (χ0n) is 12.2. The lowest BCUT2D eigenvalue weighted by Crippen LogP contribution is -2.06. The maximum atomic E-state index is 11.2. The van der Waals surface area contributed by atoms with Gasteiger partial charge in [0.1, 0.15) is 11.6 Å². The second-order valence-electron chi connectivity index (χ2n) is 5.37. The third-order valence-corrected chi connectivity index (χ3v) is 3.44. The molecule has 104 valence electrons. The van der Waals surface area contributed by atoms with E-state index in [0.29, 0.717) is 18.9 Å². The van der Waals surface area contributed by atoms with E-state index in [4.69, 9.17) is 5.26 Å². The number of nitriles is 1. The van der Waals surface area contributed by atoms with Crippen LogP contribution in [0.15, 0.2) is 18.2 Å². The van der Waals surface area contributed by atoms with E-state index < -0.39 is 0 Å². The number of carbonyl (C=O) groups is 1. The summed E-state index contributed by atoms with van der Waals surface area (Å²) >= 11 is 0. The molecular formula is C16H19N3O. The summed E-state index contributed by atoms with van der Waals surface area (Å²) in [6.07, 6.45) is 0.736. The number of carbonyl (C=O) groups excluding carboxylic acids is 1. The molecule has 0 saturated heterocycles. The highest BCUT2D eigenvalue weighted by Gasteiger charge is 2.12. The van der Waals surface area contributed by atoms with Crippen molar-refractivity contribution in [3.05, 3.63) is 29.6 Å². The zero-order valence-corrected chi connectivity index (χ0v) is 12.2. The number of benzene rings is 1. The van der Waals surface area contributed by atoms with Crippen LogP contribution in [0.5, 0.6) is 0 Å². The number of ketones is 1. The van der Waals surface area contributed by atoms with Crippen molar-refractivity contribution in [1.29, 1.82) is 5.26 Å². The lowest BCUT2D eigenvalue weighted by atomic mass is 10.0. The van der Waals surface area contributed by atoms with Crippen LogP contribution in [0.3, 0.4) is 0 Å². The third-order valence-electron chi connectivity index (χ3n) is 3.44. The SMILES string of the molecule is CC(=O)CCn1c(CC#N)nc2cc(C(C)C)ccc21. The van der Waals surface area contributed by atoms with Gasteiger partial charge in [-0.25, -0.2) is 4.98 Å². The van der Waals surface area contributed by atoms with E-state index in [1.165, 1.54) is 5.56 Å². The van der Waals surface area contributed by atoms with Gasteiger partial charge in [0.25, 0.3) is 0 Å². The largest absolute Gasteiger partial charge is 0.327 e. The first-order valence-corrected chi connectivity index (χ1v) is 6.88. The minimum absolute atomic E-state index is 0.147. The smallest absolute Gasteiger partial charge is 0.131 e. The monoisotopic (exact) mass is 269 g/mol. The maximum absolute atomic E-state index is 11.2. The molecule has 4 heteroatoms. The molecule has 2 rings (SSSR count). The first-order chi connectivity index (χ1) is 9.52. The molecule has 0 aliphatic carbocycles. The molecule has 0 saturated carbocycles. The van der Waals surface area contributed by atoms with Crippen LogP contribution < -0.4 is 0 Å². The summed E-state index contributed by atoms with van der Waals surface area (Å²) < 4.78 is 1.99. The van der Waals surface area contributed by atoms with Gasteiger partial charge >= 0.3 is 0 Å². The molecule has 0 unspecified atom stereocenters. The van der Waals surface area contributed by atoms with Gasteiger partial charge in [-0.05, 0) is 30.5 Å². The van der Waals surface area contributed by atoms with Crippen molar-refractivity contribution in [2.24, 2.45) is 0 Å². The van der Waals surface area contributed by atoms with Gasteiger partial charge in [0.15, 0.2) is 0 Å². The molecule has 0 fully saturated rings. The molecule has 1 aromatic carbocycles. The fraction of sp³-hybridized carbons (Fsp3) is 0.438. The van der Waals surface area contributed by atoms with Crippen molar-refractivity contribution in [2.45, 2.75) is 46.1 Å². The molecule has 1 heterocycles. The number of nitrogens with zero attached hydrogens (tertiary/aromatic N) is 3. The first kappa shape index (κ1) is 14.3. The Morgan fingerprint density at radius 2 is 2.20 bits per heavy atom. The van der Waals surface area contributed by atoms with E-state index in [2.05, 4.69) is 37.0 Å². The van der Waals surface area contributed by atoms with Gasteiger partial charge < -0.3 is 4.57 Å². The number of aromatic nitrogens is 2. The van der Waals surface area contributed by atoms with Crippen molar-refractivity contribution in [3.63, 3.8) is 0 Å². The number of fused-ring (bicyclic) bond motifs is 1. The summed E-state index contributed by atoms with van der Waals surface area (Å²) in [6.45, 7) is 6.46. The van der Waals surface area contributed by atoms with Gasteiger partial charge in [-0.3, -0.25) is 4.79 Å². The standard InChI is InChI=1S/C16H19N3O/c1-11(2)13-4-5-15-14(10-13)18-16(6-8-17)19(15)9-7-12(3)20/h4-5,10-11H,6-7,9H2,1-3H3. The van der Waals surface area contributed by atoms with Crippen molar-refractivity contribution >= 4 is 16.8 Å². The Hall–Kier alpha value is -2.15. The first-order valence-electron chi connectivity index (χ1n) is 6.88. The van der Waals surface area contributed by atoms with Gasteiger partial charge in [0.05, 0.1) is 23.5 Å². The quantitative estimate of drug-likeness (QED) is 0.837. The summed E-state index contributed by atoms with van der Waals surface area (Å²) in [5.74, 6) is 1.33. The van der Waals surface area contributed by atoms with Gasteiger partial charge in [-0.15, -0.1) is 0 Å². The maximum Gasteiger partial charge on any atom is 0.131 e. The van der Waals surface area contributed by atoms with E-state index in [9.17, 15) is 4.79 Å². The fourth-order valence-electron chi connectivity index (χ4n) is 2.28. The van der Waals surface area contributed by atoms with Gasteiger partial charge in [-0.1, -0.05) is 19.9 Å². The Balaban J connectivity index is 2.49. The van der Waals surface area contributed by atoms with Crippen LogP contribution in [0.25, 0.3) is 11.0 Å². The average molecular weight is 269 g/mol. The molecule has 0 N–H and O–H groups in total. The summed E-state index contributed by atoms with van der Waals surface area (Å²) in [5.41, 5.74) is 3.14. The van der Waals surface area contributed by atoms with Crippen LogP contribution in [0.1, 0.15) is 44.5 Å². The Morgan fingerprint density at radius 1 is 1.45 bits per heavy atom. The minimum atomic E-state index is 0.147. The predicted molar refractivity (Wildman–Crippen MR) is 78.4 cm³/mol. The zero-order chi connectivity index (χ0) is 14.7. The number of hydrogen-bond donors (Lipinski definition) is 0. The molecule has 0 aliphatic heterocycles. The summed E-state index contributed by atoms with van der Waals surface area (Å²) in [5, 5.41) is 8.92. The van der Waals surface area contributed by atoms with Crippen LogP contribution in [0, 0.1) is 11.3 Å². The van der Waals surface area contributed by atoms with Gasteiger partial charge in [0.2, 0.25) is 0 Å². The van der Waals surface area contributed by atoms with E-state index in [0.717, 1.165) is 16.9 Å². The number of imidazole rings is 1. The summed E-state index contributed by atoms with van der Waals surface area (Å²) in [6, 6.07) is 8.35. The number of aryl methyl sites for hydroxylation is 1. The topological polar surface area (TPSA) is 58.7 Å². The second-order valence-corrected chi connectivity index (χ2v) is 5.37. The molecule has 0 aliphatic rings. The minimum Gasteiger partial charge on any atom is -0.327 e. The van der Waals surface area contributed by atoms with Gasteiger partial charge in [-0.2, -0.15) is 5.26 Å². The van der Waals surface area contributed by atoms with Crippen LogP contribution >= 0.6 is 0 Å². The highest BCUT2D eigenvalue weighted by Crippen LogP contribution is 2.23. The lowest BCUT2D eigenvalue weighted by molar-refractivity contribution is -0.117. The van der Waals surface area contributed by atoms with E-state index in [-0.39, 0.29) is 12.2 Å². The molecule has 1 aromatic heterocycles. The number of hydrogen-bond acceptors (Lipinski definition) is 3. The molecular weight excluding hydrogens is 250 g/mol. The van der Waals surface area contributed by atoms with Crippen molar-refractivity contribution in [3.8, 4) is 6.07 Å².